The highest BCUT2D eigenvalue weighted by molar-refractivity contribution is 5.92. The zero-order chi connectivity index (χ0) is 24.6. The van der Waals surface area contributed by atoms with Gasteiger partial charge in [-0.15, -0.1) is 0 Å². The first kappa shape index (κ1) is 23.9. The first-order valence-electron chi connectivity index (χ1n) is 11.5. The molecule has 0 N–H and O–H groups in total. The second-order valence-corrected chi connectivity index (χ2v) is 8.16. The van der Waals surface area contributed by atoms with Gasteiger partial charge in [0.1, 0.15) is 0 Å². The van der Waals surface area contributed by atoms with E-state index in [1.54, 1.807) is 0 Å². The first-order chi connectivity index (χ1) is 17.1. The summed E-state index contributed by atoms with van der Waals surface area (Å²) in [5, 5.41) is 8.81. The van der Waals surface area contributed by atoms with Gasteiger partial charge in [-0.2, -0.15) is 0 Å². The van der Waals surface area contributed by atoms with E-state index in [1.165, 1.54) is 17.6 Å². The fourth-order valence-electron chi connectivity index (χ4n) is 3.97. The normalized spacial score (nSPS) is 11.3. The van der Waals surface area contributed by atoms with Gasteiger partial charge in [-0.3, -0.25) is 9.69 Å². The number of hydrogen-bond donors (Lipinski definition) is 0. The maximum atomic E-state index is 13.2. The average molecular weight is 473 g/mol. The Morgan fingerprint density at radius 3 is 2.63 bits per heavy atom. The number of hydrogen-bond acceptors (Lipinski definition) is 6. The summed E-state index contributed by atoms with van der Waals surface area (Å²) in [5.74, 6) is -1.18. The van der Waals surface area contributed by atoms with Crippen molar-refractivity contribution in [1.82, 2.24) is 14.8 Å². The van der Waals surface area contributed by atoms with Crippen LogP contribution in [0.15, 0.2) is 77.4 Å². The Labute approximate surface area is 203 Å². The number of carbonyl (C=O) groups is 2. The minimum absolute atomic E-state index is 0.0103. The van der Waals surface area contributed by atoms with Gasteiger partial charge in [0.15, 0.2) is 0 Å². The summed E-state index contributed by atoms with van der Waals surface area (Å²) in [6.45, 7) is 0.337. The van der Waals surface area contributed by atoms with E-state index in [0.717, 1.165) is 22.9 Å². The van der Waals surface area contributed by atoms with Crippen LogP contribution in [0, 0.1) is 0 Å². The molecule has 2 heterocycles. The van der Waals surface area contributed by atoms with Gasteiger partial charge >= 0.3 is 17.9 Å². The Hall–Kier alpha value is -4.20. The molecule has 0 saturated heterocycles. The largest absolute Gasteiger partial charge is 0.462 e. The number of anilines is 1. The Kier molecular flexibility index (Phi) is 7.72. The molecule has 0 saturated carbocycles. The van der Waals surface area contributed by atoms with Crippen LogP contribution >= 0.6 is 0 Å². The number of aryl methyl sites for hydroxylation is 1. The van der Waals surface area contributed by atoms with Crippen LogP contribution in [0.1, 0.15) is 34.7 Å². The van der Waals surface area contributed by atoms with Crippen molar-refractivity contribution in [1.29, 1.82) is 0 Å². The molecule has 35 heavy (non-hydrogen) atoms. The van der Waals surface area contributed by atoms with Crippen LogP contribution in [0.4, 0.5) is 6.01 Å². The van der Waals surface area contributed by atoms with E-state index in [0.29, 0.717) is 19.4 Å². The topological polar surface area (TPSA) is 90.5 Å². The second-order valence-electron chi connectivity index (χ2n) is 8.16. The summed E-state index contributed by atoms with van der Waals surface area (Å²) in [5.41, 5.74) is 3.44. The smallest absolute Gasteiger partial charge is 0.396 e. The third-order valence-corrected chi connectivity index (χ3v) is 5.78. The SMILES string of the molecule is COC(=O)c1nnc(N(CCc2cn(C)c3ccccc23)C(=O)CC/C=C/Cc2ccccc2)o1. The van der Waals surface area contributed by atoms with Crippen molar-refractivity contribution in [3.8, 4) is 0 Å². The standard InChI is InChI=1S/C27H28N4O4/c1-30-19-21(22-14-9-10-15-23(22)30)17-18-31(27-29-28-25(35-27)26(33)34-2)24(32)16-8-4-7-13-20-11-5-3-6-12-20/h3-7,9-12,14-15,19H,8,13,16-18H2,1-2H3/b7-4+. The molecule has 0 bridgehead atoms. The second kappa shape index (κ2) is 11.3. The number of methoxy groups -OCH3 is 1. The summed E-state index contributed by atoms with van der Waals surface area (Å²) in [6.07, 6.45) is 8.38. The van der Waals surface area contributed by atoms with Crippen molar-refractivity contribution in [2.75, 3.05) is 18.6 Å². The van der Waals surface area contributed by atoms with Crippen LogP contribution in [0.2, 0.25) is 0 Å². The van der Waals surface area contributed by atoms with Crippen molar-refractivity contribution in [3.63, 3.8) is 0 Å². The first-order valence-corrected chi connectivity index (χ1v) is 11.5. The maximum Gasteiger partial charge on any atom is 0.396 e. The molecule has 0 fully saturated rings. The summed E-state index contributed by atoms with van der Waals surface area (Å²) in [7, 11) is 3.23. The fraction of sp³-hybridized carbons (Fsp3) is 0.259. The number of rotatable bonds is 10. The number of allylic oxidation sites excluding steroid dienone is 2. The summed E-state index contributed by atoms with van der Waals surface area (Å²) >= 11 is 0. The van der Waals surface area contributed by atoms with Crippen LogP contribution in [-0.2, 0) is 29.4 Å². The van der Waals surface area contributed by atoms with E-state index in [4.69, 9.17) is 4.42 Å². The highest BCUT2D eigenvalue weighted by Crippen LogP contribution is 2.22. The lowest BCUT2D eigenvalue weighted by molar-refractivity contribution is -0.118. The highest BCUT2D eigenvalue weighted by Gasteiger charge is 2.24. The lowest BCUT2D eigenvalue weighted by Gasteiger charge is -2.17. The van der Waals surface area contributed by atoms with Gasteiger partial charge in [0, 0.05) is 37.1 Å². The lowest BCUT2D eigenvalue weighted by atomic mass is 10.1. The van der Waals surface area contributed by atoms with E-state index >= 15 is 0 Å². The van der Waals surface area contributed by atoms with Gasteiger partial charge in [-0.25, -0.2) is 4.79 Å². The van der Waals surface area contributed by atoms with Gasteiger partial charge in [-0.1, -0.05) is 70.9 Å². The molecule has 4 rings (SSSR count). The molecular formula is C27H28N4O4. The van der Waals surface area contributed by atoms with Gasteiger partial charge in [-0.05, 0) is 36.5 Å². The monoisotopic (exact) mass is 472 g/mol. The quantitative estimate of drug-likeness (QED) is 0.249. The molecule has 8 heteroatoms. The summed E-state index contributed by atoms with van der Waals surface area (Å²) in [6, 6.07) is 18.3. The third kappa shape index (κ3) is 5.84. The zero-order valence-electron chi connectivity index (χ0n) is 19.9. The molecule has 8 nitrogen and oxygen atoms in total. The lowest BCUT2D eigenvalue weighted by Crippen LogP contribution is -2.33. The van der Waals surface area contributed by atoms with E-state index in [2.05, 4.69) is 56.0 Å². The van der Waals surface area contributed by atoms with E-state index < -0.39 is 5.97 Å². The van der Waals surface area contributed by atoms with E-state index in [-0.39, 0.29) is 24.2 Å². The Morgan fingerprint density at radius 2 is 1.83 bits per heavy atom. The number of carbonyl (C=O) groups excluding carboxylic acids is 2. The van der Waals surface area contributed by atoms with Gasteiger partial charge in [0.25, 0.3) is 0 Å². The minimum atomic E-state index is -0.742. The van der Waals surface area contributed by atoms with Crippen LogP contribution in [0.25, 0.3) is 10.9 Å². The zero-order valence-corrected chi connectivity index (χ0v) is 19.9. The van der Waals surface area contributed by atoms with Crippen LogP contribution in [0.5, 0.6) is 0 Å². The van der Waals surface area contributed by atoms with Crippen molar-refractivity contribution < 1.29 is 18.7 Å². The maximum absolute atomic E-state index is 13.2. The molecule has 180 valence electrons. The molecule has 0 unspecified atom stereocenters. The number of aromatic nitrogens is 3. The molecule has 0 aliphatic carbocycles. The average Bonchev–Trinajstić information content (AvgIpc) is 3.49. The third-order valence-electron chi connectivity index (χ3n) is 5.78. The van der Waals surface area contributed by atoms with Crippen molar-refractivity contribution in [3.05, 3.63) is 90.0 Å². The van der Waals surface area contributed by atoms with Gasteiger partial charge < -0.3 is 13.7 Å². The van der Waals surface area contributed by atoms with Gasteiger partial charge in [0.05, 0.1) is 7.11 Å². The number of amides is 1. The Morgan fingerprint density at radius 1 is 1.06 bits per heavy atom. The number of benzene rings is 2. The molecule has 0 spiro atoms. The van der Waals surface area contributed by atoms with Crippen LogP contribution in [-0.4, -0.2) is 40.3 Å². The molecular weight excluding hydrogens is 444 g/mol. The molecule has 4 aromatic rings. The van der Waals surface area contributed by atoms with Crippen molar-refractivity contribution in [2.45, 2.75) is 25.7 Å². The minimum Gasteiger partial charge on any atom is -0.462 e. The predicted molar refractivity (Wildman–Crippen MR) is 133 cm³/mol. The Bertz CT molecular complexity index is 1320. The molecule has 2 aromatic heterocycles. The number of fused-ring (bicyclic) bond motifs is 1. The molecule has 0 aliphatic rings. The molecule has 0 atom stereocenters. The fourth-order valence-corrected chi connectivity index (χ4v) is 3.97. The predicted octanol–water partition coefficient (Wildman–Crippen LogP) is 4.50. The molecule has 2 aromatic carbocycles. The molecule has 0 aliphatic heterocycles. The van der Waals surface area contributed by atoms with Crippen LogP contribution < -0.4 is 4.90 Å². The van der Waals surface area contributed by atoms with E-state index in [9.17, 15) is 9.59 Å². The number of esters is 1. The Balaban J connectivity index is 1.45. The number of nitrogens with zero attached hydrogens (tertiary/aromatic N) is 4. The van der Waals surface area contributed by atoms with E-state index in [1.807, 2.05) is 43.5 Å². The summed E-state index contributed by atoms with van der Waals surface area (Å²) < 4.78 is 12.2. The van der Waals surface area contributed by atoms with Crippen LogP contribution in [0.3, 0.4) is 0 Å². The van der Waals surface area contributed by atoms with Crippen molar-refractivity contribution >= 4 is 28.8 Å². The highest BCUT2D eigenvalue weighted by atomic mass is 16.5. The van der Waals surface area contributed by atoms with Gasteiger partial charge in [0.2, 0.25) is 5.91 Å². The van der Waals surface area contributed by atoms with Crippen molar-refractivity contribution in [2.24, 2.45) is 7.05 Å². The molecule has 1 amide bonds. The summed E-state index contributed by atoms with van der Waals surface area (Å²) in [4.78, 5) is 26.4. The number of ether oxygens (including phenoxy) is 1. The number of para-hydroxylation sites is 1. The molecule has 0 radical (unpaired) electrons.